The number of nitrogen functional groups attached to an aromatic ring is 1. The Morgan fingerprint density at radius 3 is 2.78 bits per heavy atom. The Hall–Kier alpha value is -1.88. The molecule has 4 nitrogen and oxygen atoms in total. The number of aromatic nitrogens is 1. The highest BCUT2D eigenvalue weighted by Crippen LogP contribution is 2.15. The van der Waals surface area contributed by atoms with Crippen molar-refractivity contribution in [1.82, 2.24) is 10.3 Å². The molecule has 0 fully saturated rings. The summed E-state index contributed by atoms with van der Waals surface area (Å²) in [5.41, 5.74) is 6.91. The molecule has 0 bridgehead atoms. The van der Waals surface area contributed by atoms with Gasteiger partial charge in [0.05, 0.1) is 6.54 Å². The standard InChI is InChI=1S/C13H15N3OS/c1-8-5-10(6-12(14)16-8)13(17)15-7-11-4-3-9(2)18-11/h3-6H,7H2,1-2H3,(H2,14,16)(H,15,17). The highest BCUT2D eigenvalue weighted by molar-refractivity contribution is 7.11. The quantitative estimate of drug-likeness (QED) is 0.890. The number of carbonyl (C=O) groups is 1. The lowest BCUT2D eigenvalue weighted by atomic mass is 10.2. The average Bonchev–Trinajstić information content (AvgIpc) is 2.70. The molecule has 5 heteroatoms. The molecule has 2 heterocycles. The first-order valence-corrected chi connectivity index (χ1v) is 6.44. The molecule has 0 aliphatic rings. The molecular formula is C13H15N3OS. The third-order valence-electron chi connectivity index (χ3n) is 2.45. The van der Waals surface area contributed by atoms with E-state index in [2.05, 4.69) is 10.3 Å². The summed E-state index contributed by atoms with van der Waals surface area (Å²) in [5.74, 6) is 0.241. The van der Waals surface area contributed by atoms with Crippen LogP contribution in [0.3, 0.4) is 0 Å². The van der Waals surface area contributed by atoms with Crippen LogP contribution >= 0.6 is 11.3 Å². The van der Waals surface area contributed by atoms with Crippen LogP contribution in [0.5, 0.6) is 0 Å². The van der Waals surface area contributed by atoms with Gasteiger partial charge in [-0.2, -0.15) is 0 Å². The van der Waals surface area contributed by atoms with Crippen LogP contribution in [0.1, 0.15) is 25.8 Å². The van der Waals surface area contributed by atoms with E-state index < -0.39 is 0 Å². The summed E-state index contributed by atoms with van der Waals surface area (Å²) in [6, 6.07) is 7.38. The van der Waals surface area contributed by atoms with Gasteiger partial charge < -0.3 is 11.1 Å². The van der Waals surface area contributed by atoms with E-state index in [0.29, 0.717) is 17.9 Å². The number of thiophene rings is 1. The van der Waals surface area contributed by atoms with Crippen molar-refractivity contribution < 1.29 is 4.79 Å². The van der Waals surface area contributed by atoms with Gasteiger partial charge in [0.1, 0.15) is 5.82 Å². The number of nitrogens with one attached hydrogen (secondary N) is 1. The van der Waals surface area contributed by atoms with Gasteiger partial charge in [-0.25, -0.2) is 4.98 Å². The van der Waals surface area contributed by atoms with Gasteiger partial charge in [-0.05, 0) is 38.1 Å². The fourth-order valence-electron chi connectivity index (χ4n) is 1.67. The van der Waals surface area contributed by atoms with E-state index in [1.54, 1.807) is 23.5 Å². The molecule has 18 heavy (non-hydrogen) atoms. The highest BCUT2D eigenvalue weighted by atomic mass is 32.1. The number of nitrogens with zero attached hydrogens (tertiary/aromatic N) is 1. The van der Waals surface area contributed by atoms with Crippen LogP contribution in [0.2, 0.25) is 0 Å². The zero-order valence-corrected chi connectivity index (χ0v) is 11.2. The van der Waals surface area contributed by atoms with Crippen molar-refractivity contribution in [2.45, 2.75) is 20.4 Å². The lowest BCUT2D eigenvalue weighted by Gasteiger charge is -2.05. The van der Waals surface area contributed by atoms with E-state index in [1.165, 1.54) is 4.88 Å². The third-order valence-corrected chi connectivity index (χ3v) is 3.46. The molecule has 0 saturated carbocycles. The molecule has 0 aliphatic carbocycles. The second-order valence-corrected chi connectivity index (χ2v) is 5.49. The molecule has 3 N–H and O–H groups in total. The monoisotopic (exact) mass is 261 g/mol. The first kappa shape index (κ1) is 12.6. The number of hydrogen-bond acceptors (Lipinski definition) is 4. The minimum atomic E-state index is -0.127. The van der Waals surface area contributed by atoms with Crippen molar-refractivity contribution in [3.63, 3.8) is 0 Å². The highest BCUT2D eigenvalue weighted by Gasteiger charge is 2.07. The summed E-state index contributed by atoms with van der Waals surface area (Å²) < 4.78 is 0. The Kier molecular flexibility index (Phi) is 3.62. The minimum absolute atomic E-state index is 0.127. The Morgan fingerprint density at radius 2 is 2.17 bits per heavy atom. The maximum atomic E-state index is 11.9. The van der Waals surface area contributed by atoms with Crippen LogP contribution in [0, 0.1) is 13.8 Å². The summed E-state index contributed by atoms with van der Waals surface area (Å²) >= 11 is 1.68. The molecule has 94 valence electrons. The van der Waals surface area contributed by atoms with E-state index in [-0.39, 0.29) is 5.91 Å². The van der Waals surface area contributed by atoms with Gasteiger partial charge >= 0.3 is 0 Å². The largest absolute Gasteiger partial charge is 0.384 e. The maximum Gasteiger partial charge on any atom is 0.251 e. The third kappa shape index (κ3) is 3.07. The minimum Gasteiger partial charge on any atom is -0.384 e. The smallest absolute Gasteiger partial charge is 0.251 e. The SMILES string of the molecule is Cc1cc(C(=O)NCc2ccc(C)s2)cc(N)n1. The molecule has 0 radical (unpaired) electrons. The van der Waals surface area contributed by atoms with Gasteiger partial charge in [-0.15, -0.1) is 11.3 Å². The second kappa shape index (κ2) is 5.18. The number of anilines is 1. The predicted octanol–water partition coefficient (Wildman–Crippen LogP) is 2.27. The average molecular weight is 261 g/mol. The van der Waals surface area contributed by atoms with Crippen molar-refractivity contribution in [3.05, 3.63) is 45.3 Å². The van der Waals surface area contributed by atoms with E-state index >= 15 is 0 Å². The van der Waals surface area contributed by atoms with Crippen LogP contribution in [0.15, 0.2) is 24.3 Å². The number of carbonyl (C=O) groups excluding carboxylic acids is 1. The zero-order valence-electron chi connectivity index (χ0n) is 10.4. The van der Waals surface area contributed by atoms with E-state index in [9.17, 15) is 4.79 Å². The molecule has 2 rings (SSSR count). The van der Waals surface area contributed by atoms with Crippen molar-refractivity contribution in [2.75, 3.05) is 5.73 Å². The number of nitrogens with two attached hydrogens (primary N) is 1. The van der Waals surface area contributed by atoms with Crippen LogP contribution in [-0.4, -0.2) is 10.9 Å². The number of amides is 1. The Balaban J connectivity index is 2.03. The molecule has 0 unspecified atom stereocenters. The number of hydrogen-bond donors (Lipinski definition) is 2. The summed E-state index contributed by atoms with van der Waals surface area (Å²) in [6.45, 7) is 4.40. The van der Waals surface area contributed by atoms with Crippen LogP contribution < -0.4 is 11.1 Å². The van der Waals surface area contributed by atoms with E-state index in [4.69, 9.17) is 5.73 Å². The van der Waals surface area contributed by atoms with Crippen LogP contribution in [-0.2, 0) is 6.54 Å². The van der Waals surface area contributed by atoms with Gasteiger partial charge in [0.15, 0.2) is 0 Å². The van der Waals surface area contributed by atoms with Gasteiger partial charge in [0.25, 0.3) is 5.91 Å². The van der Waals surface area contributed by atoms with Crippen molar-refractivity contribution in [2.24, 2.45) is 0 Å². The molecule has 0 atom stereocenters. The van der Waals surface area contributed by atoms with Crippen molar-refractivity contribution >= 4 is 23.1 Å². The predicted molar refractivity (Wildman–Crippen MR) is 73.6 cm³/mol. The molecule has 0 saturated heterocycles. The Labute approximate surface area is 110 Å². The lowest BCUT2D eigenvalue weighted by Crippen LogP contribution is -2.22. The summed E-state index contributed by atoms with van der Waals surface area (Å²) in [4.78, 5) is 18.4. The molecule has 2 aromatic rings. The number of rotatable bonds is 3. The molecule has 2 aromatic heterocycles. The van der Waals surface area contributed by atoms with Gasteiger partial charge in [0.2, 0.25) is 0 Å². The van der Waals surface area contributed by atoms with E-state index in [1.807, 2.05) is 26.0 Å². The topological polar surface area (TPSA) is 68.0 Å². The molecule has 0 spiro atoms. The summed E-state index contributed by atoms with van der Waals surface area (Å²) in [7, 11) is 0. The van der Waals surface area contributed by atoms with Crippen LogP contribution in [0.25, 0.3) is 0 Å². The van der Waals surface area contributed by atoms with Crippen molar-refractivity contribution in [3.8, 4) is 0 Å². The molecular weight excluding hydrogens is 246 g/mol. The Bertz CT molecular complexity index is 557. The van der Waals surface area contributed by atoms with Crippen LogP contribution in [0.4, 0.5) is 5.82 Å². The molecule has 0 aliphatic heterocycles. The van der Waals surface area contributed by atoms with Gasteiger partial charge in [-0.1, -0.05) is 0 Å². The molecule has 1 amide bonds. The van der Waals surface area contributed by atoms with E-state index in [0.717, 1.165) is 10.6 Å². The summed E-state index contributed by atoms with van der Waals surface area (Å²) in [5, 5.41) is 2.87. The van der Waals surface area contributed by atoms with Crippen molar-refractivity contribution in [1.29, 1.82) is 0 Å². The number of aryl methyl sites for hydroxylation is 2. The number of pyridine rings is 1. The van der Waals surface area contributed by atoms with Gasteiger partial charge in [-0.3, -0.25) is 4.79 Å². The fraction of sp³-hybridized carbons (Fsp3) is 0.231. The molecule has 0 aromatic carbocycles. The Morgan fingerprint density at radius 1 is 1.39 bits per heavy atom. The maximum absolute atomic E-state index is 11.9. The first-order chi connectivity index (χ1) is 8.54. The lowest BCUT2D eigenvalue weighted by molar-refractivity contribution is 0.0951. The fourth-order valence-corrected chi connectivity index (χ4v) is 2.50. The van der Waals surface area contributed by atoms with Gasteiger partial charge in [0, 0.05) is 21.0 Å². The normalized spacial score (nSPS) is 10.3. The summed E-state index contributed by atoms with van der Waals surface area (Å²) in [6.07, 6.45) is 0. The zero-order chi connectivity index (χ0) is 13.1. The second-order valence-electron chi connectivity index (χ2n) is 4.12. The first-order valence-electron chi connectivity index (χ1n) is 5.62.